The van der Waals surface area contributed by atoms with Crippen LogP contribution in [-0.2, 0) is 6.18 Å². The van der Waals surface area contributed by atoms with Crippen molar-refractivity contribution in [2.45, 2.75) is 38.8 Å². The second kappa shape index (κ2) is 8.08. The maximum Gasteiger partial charge on any atom is 0.435 e. The van der Waals surface area contributed by atoms with Crippen LogP contribution in [0.2, 0.25) is 0 Å². The lowest BCUT2D eigenvalue weighted by Gasteiger charge is -2.15. The lowest BCUT2D eigenvalue weighted by Crippen LogP contribution is -2.14. The van der Waals surface area contributed by atoms with Crippen molar-refractivity contribution >= 4 is 5.69 Å². The molecule has 0 aliphatic heterocycles. The molecule has 7 heteroatoms. The van der Waals surface area contributed by atoms with E-state index in [4.69, 9.17) is 0 Å². The van der Waals surface area contributed by atoms with Gasteiger partial charge in [0.25, 0.3) is 0 Å². The fourth-order valence-corrected chi connectivity index (χ4v) is 2.31. The van der Waals surface area contributed by atoms with Gasteiger partial charge in [-0.05, 0) is 24.6 Å². The third-order valence-electron chi connectivity index (χ3n) is 3.51. The molecule has 2 aromatic heterocycles. The number of hydrogen-bond donors (Lipinski definition) is 1. The second-order valence-electron chi connectivity index (χ2n) is 5.47. The van der Waals surface area contributed by atoms with Gasteiger partial charge in [-0.3, -0.25) is 4.98 Å². The molecule has 0 unspecified atom stereocenters. The normalized spacial score (nSPS) is 11.5. The lowest BCUT2D eigenvalue weighted by atomic mass is 10.1. The van der Waals surface area contributed by atoms with Gasteiger partial charge in [0, 0.05) is 18.3 Å². The molecule has 3 nitrogen and oxygen atoms in total. The number of hydrogen-bond acceptors (Lipinski definition) is 3. The van der Waals surface area contributed by atoms with E-state index in [1.54, 1.807) is 0 Å². The zero-order chi connectivity index (χ0) is 17.6. The van der Waals surface area contributed by atoms with Crippen LogP contribution in [0.15, 0.2) is 30.6 Å². The number of halogens is 4. The van der Waals surface area contributed by atoms with Gasteiger partial charge in [0.2, 0.25) is 0 Å². The summed E-state index contributed by atoms with van der Waals surface area (Å²) in [6.07, 6.45) is 1.54. The quantitative estimate of drug-likeness (QED) is 0.549. The molecule has 130 valence electrons. The molecular weight excluding hydrogens is 322 g/mol. The van der Waals surface area contributed by atoms with Crippen LogP contribution in [0.5, 0.6) is 0 Å². The molecule has 0 aromatic carbocycles. The SMILES string of the molecule is CCCCCCNc1ccc(-c2cncc(F)c2)nc1C(F)(F)F. The summed E-state index contributed by atoms with van der Waals surface area (Å²) in [4.78, 5) is 7.32. The number of aromatic nitrogens is 2. The summed E-state index contributed by atoms with van der Waals surface area (Å²) < 4.78 is 53.0. The number of pyridine rings is 2. The number of nitrogens with zero attached hydrogens (tertiary/aromatic N) is 2. The van der Waals surface area contributed by atoms with Gasteiger partial charge < -0.3 is 5.32 Å². The molecule has 0 fully saturated rings. The zero-order valence-electron chi connectivity index (χ0n) is 13.3. The molecule has 0 saturated carbocycles. The van der Waals surface area contributed by atoms with Crippen molar-refractivity contribution in [2.24, 2.45) is 0 Å². The third kappa shape index (κ3) is 4.91. The molecule has 24 heavy (non-hydrogen) atoms. The highest BCUT2D eigenvalue weighted by Crippen LogP contribution is 2.35. The number of unbranched alkanes of at least 4 members (excludes halogenated alkanes) is 3. The van der Waals surface area contributed by atoms with Crippen LogP contribution in [0, 0.1) is 5.82 Å². The minimum Gasteiger partial charge on any atom is -0.383 e. The van der Waals surface area contributed by atoms with Crippen molar-refractivity contribution < 1.29 is 17.6 Å². The highest BCUT2D eigenvalue weighted by molar-refractivity contribution is 5.62. The second-order valence-corrected chi connectivity index (χ2v) is 5.47. The molecule has 0 aliphatic rings. The molecule has 1 N–H and O–H groups in total. The van der Waals surface area contributed by atoms with E-state index in [1.807, 2.05) is 0 Å². The minimum atomic E-state index is -4.59. The first-order chi connectivity index (χ1) is 11.4. The summed E-state index contributed by atoms with van der Waals surface area (Å²) in [6, 6.07) is 3.86. The van der Waals surface area contributed by atoms with E-state index in [2.05, 4.69) is 22.2 Å². The number of anilines is 1. The molecule has 2 rings (SSSR count). The monoisotopic (exact) mass is 341 g/mol. The number of nitrogens with one attached hydrogen (secondary N) is 1. The Bertz CT molecular complexity index is 671. The maximum atomic E-state index is 13.3. The van der Waals surface area contributed by atoms with Crippen molar-refractivity contribution in [3.63, 3.8) is 0 Å². The number of rotatable bonds is 7. The van der Waals surface area contributed by atoms with Crippen molar-refractivity contribution in [2.75, 3.05) is 11.9 Å². The summed E-state index contributed by atoms with van der Waals surface area (Å²) in [6.45, 7) is 2.52. The van der Waals surface area contributed by atoms with Crippen molar-refractivity contribution in [3.05, 3.63) is 42.1 Å². The Hall–Kier alpha value is -2.18. The van der Waals surface area contributed by atoms with Crippen LogP contribution in [0.4, 0.5) is 23.2 Å². The Morgan fingerprint density at radius 2 is 1.88 bits per heavy atom. The third-order valence-corrected chi connectivity index (χ3v) is 3.51. The highest BCUT2D eigenvalue weighted by atomic mass is 19.4. The smallest absolute Gasteiger partial charge is 0.383 e. The summed E-state index contributed by atoms with van der Waals surface area (Å²) in [5, 5.41) is 2.80. The Kier molecular flexibility index (Phi) is 6.11. The first-order valence-corrected chi connectivity index (χ1v) is 7.85. The Morgan fingerprint density at radius 3 is 2.54 bits per heavy atom. The van der Waals surface area contributed by atoms with Gasteiger partial charge in [0.15, 0.2) is 5.69 Å². The Morgan fingerprint density at radius 1 is 1.08 bits per heavy atom. The van der Waals surface area contributed by atoms with Gasteiger partial charge in [-0.1, -0.05) is 26.2 Å². The predicted octanol–water partition coefficient (Wildman–Crippen LogP) is 5.29. The molecule has 0 spiro atoms. The fraction of sp³-hybridized carbons (Fsp3) is 0.412. The van der Waals surface area contributed by atoms with Crippen LogP contribution < -0.4 is 5.32 Å². The highest BCUT2D eigenvalue weighted by Gasteiger charge is 2.36. The Balaban J connectivity index is 2.23. The topological polar surface area (TPSA) is 37.8 Å². The van der Waals surface area contributed by atoms with Gasteiger partial charge in [-0.2, -0.15) is 13.2 Å². The predicted molar refractivity (Wildman–Crippen MR) is 85.1 cm³/mol. The first-order valence-electron chi connectivity index (χ1n) is 7.85. The van der Waals surface area contributed by atoms with Crippen molar-refractivity contribution in [1.29, 1.82) is 0 Å². The average Bonchev–Trinajstić information content (AvgIpc) is 2.54. The molecule has 2 heterocycles. The maximum absolute atomic E-state index is 13.3. The summed E-state index contributed by atoms with van der Waals surface area (Å²) in [5.74, 6) is -0.624. The molecule has 0 saturated heterocycles. The molecule has 2 aromatic rings. The van der Waals surface area contributed by atoms with Crippen molar-refractivity contribution in [3.8, 4) is 11.3 Å². The average molecular weight is 341 g/mol. The van der Waals surface area contributed by atoms with Crippen molar-refractivity contribution in [1.82, 2.24) is 9.97 Å². The lowest BCUT2D eigenvalue weighted by molar-refractivity contribution is -0.140. The van der Waals surface area contributed by atoms with E-state index in [0.29, 0.717) is 6.54 Å². The summed E-state index contributed by atoms with van der Waals surface area (Å²) in [5.41, 5.74) is -0.826. The molecule has 0 bridgehead atoms. The Labute approximate surface area is 138 Å². The van der Waals surface area contributed by atoms with E-state index in [-0.39, 0.29) is 16.9 Å². The van der Waals surface area contributed by atoms with Gasteiger partial charge in [0.05, 0.1) is 17.6 Å². The van der Waals surface area contributed by atoms with Crippen LogP contribution in [-0.4, -0.2) is 16.5 Å². The van der Waals surface area contributed by atoms with Gasteiger partial charge in [0.1, 0.15) is 5.82 Å². The van der Waals surface area contributed by atoms with E-state index in [1.165, 1.54) is 18.3 Å². The van der Waals surface area contributed by atoms with E-state index in [9.17, 15) is 17.6 Å². The molecular formula is C17H19F4N3. The van der Waals surface area contributed by atoms with Gasteiger partial charge >= 0.3 is 6.18 Å². The molecule has 0 radical (unpaired) electrons. The summed E-state index contributed by atoms with van der Waals surface area (Å²) in [7, 11) is 0. The van der Waals surface area contributed by atoms with E-state index < -0.39 is 17.7 Å². The summed E-state index contributed by atoms with van der Waals surface area (Å²) >= 11 is 0. The van der Waals surface area contributed by atoms with Gasteiger partial charge in [-0.15, -0.1) is 0 Å². The van der Waals surface area contributed by atoms with Crippen LogP contribution >= 0.6 is 0 Å². The minimum absolute atomic E-state index is 0.0332. The fourth-order valence-electron chi connectivity index (χ4n) is 2.31. The molecule has 0 amide bonds. The first kappa shape index (κ1) is 18.2. The van der Waals surface area contributed by atoms with E-state index >= 15 is 0 Å². The van der Waals surface area contributed by atoms with Crippen LogP contribution in [0.25, 0.3) is 11.3 Å². The number of alkyl halides is 3. The molecule has 0 aliphatic carbocycles. The molecule has 0 atom stereocenters. The standard InChI is InChI=1S/C17H19F4N3/c1-2-3-4-5-8-23-15-7-6-14(24-16(15)17(19,20)21)12-9-13(18)11-22-10-12/h6-7,9-11,23H,2-5,8H2,1H3. The van der Waals surface area contributed by atoms with Crippen LogP contribution in [0.1, 0.15) is 38.3 Å². The van der Waals surface area contributed by atoms with Crippen LogP contribution in [0.3, 0.4) is 0 Å². The van der Waals surface area contributed by atoms with Gasteiger partial charge in [-0.25, -0.2) is 9.37 Å². The zero-order valence-corrected chi connectivity index (χ0v) is 13.3. The largest absolute Gasteiger partial charge is 0.435 e. The van der Waals surface area contributed by atoms with E-state index in [0.717, 1.165) is 37.9 Å².